The number of nitrogens with one attached hydrogen (secondary N) is 1. The van der Waals surface area contributed by atoms with Crippen molar-refractivity contribution in [1.82, 2.24) is 15.1 Å². The first kappa shape index (κ1) is 13.9. The number of hydrogen-bond donors (Lipinski definition) is 1. The molecule has 5 heteroatoms. The minimum atomic E-state index is 0.867. The van der Waals surface area contributed by atoms with Crippen LogP contribution in [0, 0.1) is 0 Å². The third-order valence-electron chi connectivity index (χ3n) is 3.96. The van der Waals surface area contributed by atoms with Crippen LogP contribution in [-0.4, -0.2) is 43.1 Å². The molecule has 1 aromatic heterocycles. The molecule has 2 heterocycles. The van der Waals surface area contributed by atoms with Gasteiger partial charge in [-0.3, -0.25) is 0 Å². The van der Waals surface area contributed by atoms with Crippen molar-refractivity contribution in [1.29, 1.82) is 0 Å². The number of nitrogens with zero attached hydrogens (tertiary/aromatic N) is 3. The summed E-state index contributed by atoms with van der Waals surface area (Å²) in [6.07, 6.45) is 2.96. The molecule has 21 heavy (non-hydrogen) atoms. The quantitative estimate of drug-likeness (QED) is 0.931. The molecule has 0 saturated carbocycles. The van der Waals surface area contributed by atoms with Crippen molar-refractivity contribution in [3.63, 3.8) is 0 Å². The van der Waals surface area contributed by atoms with Crippen LogP contribution in [0.25, 0.3) is 5.69 Å². The van der Waals surface area contributed by atoms with Crippen LogP contribution in [0.2, 0.25) is 0 Å². The molecule has 1 aliphatic rings. The second-order valence-electron chi connectivity index (χ2n) is 5.18. The first-order valence-corrected chi connectivity index (χ1v) is 7.50. The molecule has 0 amide bonds. The Morgan fingerprint density at radius 1 is 1.19 bits per heavy atom. The number of methoxy groups -OCH3 is 1. The maximum Gasteiger partial charge on any atom is 0.119 e. The summed E-state index contributed by atoms with van der Waals surface area (Å²) in [6.45, 7) is 6.35. The van der Waals surface area contributed by atoms with Gasteiger partial charge in [-0.15, -0.1) is 0 Å². The molecule has 1 saturated heterocycles. The fourth-order valence-corrected chi connectivity index (χ4v) is 2.81. The molecule has 1 aliphatic heterocycles. The summed E-state index contributed by atoms with van der Waals surface area (Å²) < 4.78 is 7.26. The minimum absolute atomic E-state index is 0.867. The second kappa shape index (κ2) is 6.18. The van der Waals surface area contributed by atoms with Crippen molar-refractivity contribution < 1.29 is 4.74 Å². The van der Waals surface area contributed by atoms with Gasteiger partial charge >= 0.3 is 0 Å². The number of rotatable bonds is 4. The van der Waals surface area contributed by atoms with Crippen LogP contribution in [0.15, 0.2) is 30.5 Å². The van der Waals surface area contributed by atoms with Crippen molar-refractivity contribution in [3.05, 3.63) is 36.2 Å². The summed E-state index contributed by atoms with van der Waals surface area (Å²) in [7, 11) is 1.68. The maximum absolute atomic E-state index is 5.22. The normalized spacial score (nSPS) is 15.2. The first-order valence-electron chi connectivity index (χ1n) is 7.50. The van der Waals surface area contributed by atoms with Gasteiger partial charge in [0.2, 0.25) is 0 Å². The van der Waals surface area contributed by atoms with Crippen LogP contribution in [0.5, 0.6) is 5.75 Å². The van der Waals surface area contributed by atoms with Crippen molar-refractivity contribution in [2.75, 3.05) is 38.2 Å². The van der Waals surface area contributed by atoms with E-state index in [2.05, 4.69) is 22.2 Å². The Hall–Kier alpha value is -2.01. The molecule has 0 atom stereocenters. The summed E-state index contributed by atoms with van der Waals surface area (Å²) in [4.78, 5) is 2.42. The summed E-state index contributed by atoms with van der Waals surface area (Å²) >= 11 is 0. The lowest BCUT2D eigenvalue weighted by Crippen LogP contribution is -2.43. The lowest BCUT2D eigenvalue weighted by molar-refractivity contribution is 0.414. The topological polar surface area (TPSA) is 42.3 Å². The minimum Gasteiger partial charge on any atom is -0.497 e. The van der Waals surface area contributed by atoms with Crippen molar-refractivity contribution in [2.45, 2.75) is 13.3 Å². The van der Waals surface area contributed by atoms with E-state index >= 15 is 0 Å². The Morgan fingerprint density at radius 3 is 2.52 bits per heavy atom. The third-order valence-corrected chi connectivity index (χ3v) is 3.96. The number of hydrogen-bond acceptors (Lipinski definition) is 4. The fraction of sp³-hybridized carbons (Fsp3) is 0.438. The van der Waals surface area contributed by atoms with Gasteiger partial charge in [0.25, 0.3) is 0 Å². The molecule has 0 radical (unpaired) electrons. The molecule has 0 bridgehead atoms. The highest BCUT2D eigenvalue weighted by Crippen LogP contribution is 2.25. The van der Waals surface area contributed by atoms with Crippen LogP contribution in [-0.2, 0) is 6.42 Å². The van der Waals surface area contributed by atoms with E-state index < -0.39 is 0 Å². The summed E-state index contributed by atoms with van der Waals surface area (Å²) in [5.41, 5.74) is 3.60. The van der Waals surface area contributed by atoms with Crippen molar-refractivity contribution in [3.8, 4) is 11.4 Å². The lowest BCUT2D eigenvalue weighted by Gasteiger charge is -2.29. The molecule has 0 unspecified atom stereocenters. The zero-order chi connectivity index (χ0) is 14.7. The number of piperazine rings is 1. The Labute approximate surface area is 125 Å². The Bertz CT molecular complexity index is 585. The first-order chi connectivity index (χ1) is 10.3. The van der Waals surface area contributed by atoms with Gasteiger partial charge in [0.05, 0.1) is 30.4 Å². The standard InChI is InChI=1S/C16H22N4O/c1-3-15-16(19-10-8-17-9-11-19)12-18-20(15)13-4-6-14(21-2)7-5-13/h4-7,12,17H,3,8-11H2,1-2H3. The summed E-state index contributed by atoms with van der Waals surface area (Å²) in [6, 6.07) is 8.04. The van der Waals surface area contributed by atoms with Gasteiger partial charge in [-0.25, -0.2) is 4.68 Å². The molecule has 2 aromatic rings. The Balaban J connectivity index is 1.93. The molecule has 112 valence electrons. The Kier molecular flexibility index (Phi) is 4.10. The highest BCUT2D eigenvalue weighted by Gasteiger charge is 2.18. The van der Waals surface area contributed by atoms with Gasteiger partial charge in [-0.2, -0.15) is 5.10 Å². The van der Waals surface area contributed by atoms with Crippen molar-refractivity contribution in [2.24, 2.45) is 0 Å². The van der Waals surface area contributed by atoms with Gasteiger partial charge in [-0.1, -0.05) is 6.92 Å². The zero-order valence-corrected chi connectivity index (χ0v) is 12.7. The molecule has 1 N–H and O–H groups in total. The zero-order valence-electron chi connectivity index (χ0n) is 12.7. The molecular weight excluding hydrogens is 264 g/mol. The van der Waals surface area contributed by atoms with E-state index in [1.807, 2.05) is 35.1 Å². The van der Waals surface area contributed by atoms with Crippen LogP contribution in [0.4, 0.5) is 5.69 Å². The van der Waals surface area contributed by atoms with Crippen LogP contribution in [0.1, 0.15) is 12.6 Å². The lowest BCUT2D eigenvalue weighted by atomic mass is 10.2. The molecule has 3 rings (SSSR count). The highest BCUT2D eigenvalue weighted by atomic mass is 16.5. The molecule has 1 fully saturated rings. The van der Waals surface area contributed by atoms with Gasteiger partial charge in [0.15, 0.2) is 0 Å². The second-order valence-corrected chi connectivity index (χ2v) is 5.18. The number of aromatic nitrogens is 2. The average molecular weight is 286 g/mol. The molecule has 1 aromatic carbocycles. The van der Waals surface area contributed by atoms with Gasteiger partial charge in [0, 0.05) is 26.2 Å². The van der Waals surface area contributed by atoms with E-state index in [-0.39, 0.29) is 0 Å². The SMILES string of the molecule is CCc1c(N2CCNCC2)cnn1-c1ccc(OC)cc1. The molecule has 0 aliphatic carbocycles. The number of ether oxygens (including phenoxy) is 1. The predicted octanol–water partition coefficient (Wildman–Crippen LogP) is 1.85. The van der Waals surface area contributed by atoms with Gasteiger partial charge in [-0.05, 0) is 30.7 Å². The third kappa shape index (κ3) is 2.74. The largest absolute Gasteiger partial charge is 0.497 e. The van der Waals surface area contributed by atoms with E-state index in [1.165, 1.54) is 11.4 Å². The fourth-order valence-electron chi connectivity index (χ4n) is 2.81. The molecule has 0 spiro atoms. The highest BCUT2D eigenvalue weighted by molar-refractivity contribution is 5.53. The van der Waals surface area contributed by atoms with Crippen LogP contribution >= 0.6 is 0 Å². The number of anilines is 1. The molecule has 5 nitrogen and oxygen atoms in total. The smallest absolute Gasteiger partial charge is 0.119 e. The predicted molar refractivity (Wildman–Crippen MR) is 84.6 cm³/mol. The van der Waals surface area contributed by atoms with E-state index in [0.29, 0.717) is 0 Å². The van der Waals surface area contributed by atoms with Gasteiger partial charge in [0.1, 0.15) is 5.75 Å². The summed E-state index contributed by atoms with van der Waals surface area (Å²) in [5.74, 6) is 0.867. The van der Waals surface area contributed by atoms with E-state index in [1.54, 1.807) is 7.11 Å². The maximum atomic E-state index is 5.22. The average Bonchev–Trinajstić information content (AvgIpc) is 2.99. The van der Waals surface area contributed by atoms with Crippen molar-refractivity contribution >= 4 is 5.69 Å². The summed E-state index contributed by atoms with van der Waals surface area (Å²) in [5, 5.41) is 7.99. The van der Waals surface area contributed by atoms with E-state index in [0.717, 1.165) is 44.0 Å². The van der Waals surface area contributed by atoms with Crippen LogP contribution < -0.4 is 15.0 Å². The monoisotopic (exact) mass is 286 g/mol. The van der Waals surface area contributed by atoms with Crippen LogP contribution in [0.3, 0.4) is 0 Å². The van der Waals surface area contributed by atoms with E-state index in [4.69, 9.17) is 4.74 Å². The van der Waals surface area contributed by atoms with Gasteiger partial charge < -0.3 is 15.0 Å². The van der Waals surface area contributed by atoms with E-state index in [9.17, 15) is 0 Å². The number of benzene rings is 1. The molecular formula is C16H22N4O. The Morgan fingerprint density at radius 2 is 1.90 bits per heavy atom.